The van der Waals surface area contributed by atoms with Crippen molar-refractivity contribution in [3.8, 4) is 23.3 Å². The van der Waals surface area contributed by atoms with E-state index >= 15 is 0 Å². The first-order valence-electron chi connectivity index (χ1n) is 12.9. The number of carbonyl (C=O) groups excluding carboxylic acids is 1. The fraction of sp³-hybridized carbons (Fsp3) is 0.152. The molecule has 4 aromatic carbocycles. The third-order valence-corrected chi connectivity index (χ3v) is 6.50. The lowest BCUT2D eigenvalue weighted by Gasteiger charge is -2.15. The number of benzene rings is 4. The zero-order valence-electron chi connectivity index (χ0n) is 22.6. The minimum Gasteiger partial charge on any atom is -0.490 e. The van der Waals surface area contributed by atoms with Crippen LogP contribution in [0.5, 0.6) is 17.2 Å². The van der Waals surface area contributed by atoms with Gasteiger partial charge in [0.15, 0.2) is 17.2 Å². The molecule has 0 atom stereocenters. The number of carbonyl (C=O) groups is 1. The number of hydrogen-bond donors (Lipinski definition) is 1. The Balaban J connectivity index is 1.44. The number of amides is 1. The average molecular weight is 588 g/mol. The Labute approximate surface area is 249 Å². The maximum atomic E-state index is 12.6. The second-order valence-electron chi connectivity index (χ2n) is 9.08. The maximum Gasteiger partial charge on any atom is 0.266 e. The van der Waals surface area contributed by atoms with Crippen molar-refractivity contribution < 1.29 is 19.0 Å². The predicted octanol–water partition coefficient (Wildman–Crippen LogP) is 8.40. The third kappa shape index (κ3) is 8.28. The maximum absolute atomic E-state index is 12.6. The average Bonchev–Trinajstić information content (AvgIpc) is 2.97. The summed E-state index contributed by atoms with van der Waals surface area (Å²) in [5.74, 6) is 0.988. The number of nitriles is 1. The van der Waals surface area contributed by atoms with E-state index in [1.54, 1.807) is 24.3 Å². The van der Waals surface area contributed by atoms with Crippen molar-refractivity contribution in [2.75, 3.05) is 11.9 Å². The van der Waals surface area contributed by atoms with Crippen LogP contribution in [0.3, 0.4) is 0 Å². The van der Waals surface area contributed by atoms with E-state index in [1.807, 2.05) is 80.6 Å². The monoisotopic (exact) mass is 586 g/mol. The number of aryl methyl sites for hydroxylation is 1. The van der Waals surface area contributed by atoms with Crippen LogP contribution in [-0.4, -0.2) is 12.5 Å². The largest absolute Gasteiger partial charge is 0.490 e. The Kier molecular flexibility index (Phi) is 10.3. The summed E-state index contributed by atoms with van der Waals surface area (Å²) in [7, 11) is 0. The molecule has 0 heterocycles. The number of anilines is 1. The Morgan fingerprint density at radius 2 is 1.54 bits per heavy atom. The van der Waals surface area contributed by atoms with Gasteiger partial charge in [-0.1, -0.05) is 77.3 Å². The van der Waals surface area contributed by atoms with Crippen LogP contribution in [-0.2, 0) is 18.0 Å². The molecule has 41 heavy (non-hydrogen) atoms. The molecule has 0 unspecified atom stereocenters. The first kappa shape index (κ1) is 29.5. The highest BCUT2D eigenvalue weighted by molar-refractivity contribution is 6.37. The van der Waals surface area contributed by atoms with Crippen LogP contribution in [0.2, 0.25) is 10.0 Å². The van der Waals surface area contributed by atoms with E-state index in [2.05, 4.69) is 5.32 Å². The summed E-state index contributed by atoms with van der Waals surface area (Å²) in [4.78, 5) is 12.6. The van der Waals surface area contributed by atoms with Gasteiger partial charge in [0.1, 0.15) is 24.9 Å². The smallest absolute Gasteiger partial charge is 0.266 e. The van der Waals surface area contributed by atoms with Gasteiger partial charge in [-0.15, -0.1) is 0 Å². The quantitative estimate of drug-likeness (QED) is 0.141. The van der Waals surface area contributed by atoms with Gasteiger partial charge in [-0.2, -0.15) is 5.26 Å². The molecule has 0 saturated heterocycles. The van der Waals surface area contributed by atoms with Gasteiger partial charge in [0.05, 0.1) is 16.7 Å². The lowest BCUT2D eigenvalue weighted by molar-refractivity contribution is -0.112. The summed E-state index contributed by atoms with van der Waals surface area (Å²) in [5.41, 5.74) is 3.93. The van der Waals surface area contributed by atoms with Gasteiger partial charge in [-0.05, 0) is 73.0 Å². The fourth-order valence-corrected chi connectivity index (χ4v) is 4.48. The Bertz CT molecular complexity index is 1560. The SMILES string of the molecule is CCOc1cc(COc2c(Cl)cc(/C=C(/C#N)C(=O)Nc3ccc(C)cc3)cc2Cl)ccc1OCc1ccccc1. The van der Waals surface area contributed by atoms with Crippen LogP contribution in [0.1, 0.15) is 29.2 Å². The molecule has 0 saturated carbocycles. The topological polar surface area (TPSA) is 80.6 Å². The lowest BCUT2D eigenvalue weighted by Crippen LogP contribution is -2.13. The molecule has 0 bridgehead atoms. The highest BCUT2D eigenvalue weighted by Crippen LogP contribution is 2.36. The minimum atomic E-state index is -0.537. The van der Waals surface area contributed by atoms with Gasteiger partial charge in [0, 0.05) is 5.69 Å². The van der Waals surface area contributed by atoms with Gasteiger partial charge in [-0.25, -0.2) is 0 Å². The lowest BCUT2D eigenvalue weighted by atomic mass is 10.1. The molecule has 0 fully saturated rings. The van der Waals surface area contributed by atoms with E-state index in [9.17, 15) is 10.1 Å². The van der Waals surface area contributed by atoms with Crippen LogP contribution < -0.4 is 19.5 Å². The molecule has 0 aliphatic heterocycles. The molecular weight excluding hydrogens is 559 g/mol. The minimum absolute atomic E-state index is 0.0931. The number of ether oxygens (including phenoxy) is 3. The summed E-state index contributed by atoms with van der Waals surface area (Å²) >= 11 is 13.0. The van der Waals surface area contributed by atoms with Crippen molar-refractivity contribution in [1.29, 1.82) is 5.26 Å². The van der Waals surface area contributed by atoms with Crippen molar-refractivity contribution in [3.05, 3.63) is 123 Å². The van der Waals surface area contributed by atoms with Crippen molar-refractivity contribution in [2.24, 2.45) is 0 Å². The fourth-order valence-electron chi connectivity index (χ4n) is 3.87. The molecule has 4 aromatic rings. The highest BCUT2D eigenvalue weighted by Gasteiger charge is 2.14. The normalized spacial score (nSPS) is 11.0. The van der Waals surface area contributed by atoms with Crippen molar-refractivity contribution in [1.82, 2.24) is 0 Å². The molecule has 0 aliphatic rings. The standard InChI is InChI=1S/C33H28Cl2N2O4/c1-3-39-31-18-24(11-14-30(31)40-20-23-7-5-4-6-8-23)21-41-32-28(34)16-25(17-29(32)35)15-26(19-36)33(38)37-27-12-9-22(2)10-13-27/h4-18H,3,20-21H2,1-2H3,(H,37,38)/b26-15-. The second-order valence-corrected chi connectivity index (χ2v) is 9.90. The van der Waals surface area contributed by atoms with Crippen LogP contribution in [0.4, 0.5) is 5.69 Å². The third-order valence-electron chi connectivity index (χ3n) is 5.93. The number of rotatable bonds is 11. The van der Waals surface area contributed by atoms with Crippen molar-refractivity contribution >= 4 is 40.9 Å². The summed E-state index contributed by atoms with van der Waals surface area (Å²) in [5, 5.41) is 12.8. The summed E-state index contributed by atoms with van der Waals surface area (Å²) in [6, 6.07) is 27.9. The van der Waals surface area contributed by atoms with E-state index in [0.29, 0.717) is 36.0 Å². The molecule has 208 valence electrons. The van der Waals surface area contributed by atoms with Crippen LogP contribution in [0, 0.1) is 18.3 Å². The molecular formula is C33H28Cl2N2O4. The van der Waals surface area contributed by atoms with E-state index in [0.717, 1.165) is 16.7 Å². The molecule has 0 aromatic heterocycles. The first-order chi connectivity index (χ1) is 19.9. The van der Waals surface area contributed by atoms with Crippen LogP contribution in [0.15, 0.2) is 90.5 Å². The van der Waals surface area contributed by atoms with Gasteiger partial charge in [-0.3, -0.25) is 4.79 Å². The molecule has 0 radical (unpaired) electrons. The molecule has 1 amide bonds. The van der Waals surface area contributed by atoms with Gasteiger partial charge < -0.3 is 19.5 Å². The highest BCUT2D eigenvalue weighted by atomic mass is 35.5. The van der Waals surface area contributed by atoms with E-state index in [-0.39, 0.29) is 28.0 Å². The first-order valence-corrected chi connectivity index (χ1v) is 13.7. The summed E-state index contributed by atoms with van der Waals surface area (Å²) in [6.45, 7) is 4.93. The molecule has 8 heteroatoms. The van der Waals surface area contributed by atoms with Crippen LogP contribution >= 0.6 is 23.2 Å². The van der Waals surface area contributed by atoms with E-state index in [1.165, 1.54) is 6.08 Å². The number of nitrogens with one attached hydrogen (secondary N) is 1. The molecule has 4 rings (SSSR count). The van der Waals surface area contributed by atoms with Gasteiger partial charge >= 0.3 is 0 Å². The summed E-state index contributed by atoms with van der Waals surface area (Å²) < 4.78 is 17.7. The molecule has 0 spiro atoms. The predicted molar refractivity (Wildman–Crippen MR) is 163 cm³/mol. The second kappa shape index (κ2) is 14.3. The zero-order chi connectivity index (χ0) is 29.2. The Hall–Kier alpha value is -4.44. The van der Waals surface area contributed by atoms with Crippen molar-refractivity contribution in [2.45, 2.75) is 27.1 Å². The van der Waals surface area contributed by atoms with Crippen LogP contribution in [0.25, 0.3) is 6.08 Å². The Morgan fingerprint density at radius 3 is 2.20 bits per heavy atom. The zero-order valence-corrected chi connectivity index (χ0v) is 24.1. The van der Waals surface area contributed by atoms with Gasteiger partial charge in [0.25, 0.3) is 5.91 Å². The summed E-state index contributed by atoms with van der Waals surface area (Å²) in [6.07, 6.45) is 1.42. The van der Waals surface area contributed by atoms with Crippen molar-refractivity contribution in [3.63, 3.8) is 0 Å². The van der Waals surface area contributed by atoms with E-state index < -0.39 is 5.91 Å². The Morgan fingerprint density at radius 1 is 0.854 bits per heavy atom. The number of halogens is 2. The number of nitrogens with zero attached hydrogens (tertiary/aromatic N) is 1. The van der Waals surface area contributed by atoms with Gasteiger partial charge in [0.2, 0.25) is 0 Å². The molecule has 0 aliphatic carbocycles. The number of hydrogen-bond acceptors (Lipinski definition) is 5. The molecule has 1 N–H and O–H groups in total. The molecule has 6 nitrogen and oxygen atoms in total. The van der Waals surface area contributed by atoms with E-state index in [4.69, 9.17) is 37.4 Å².